The fraction of sp³-hybridized carbons (Fsp3) is 0.643. The minimum atomic E-state index is 0.117. The lowest BCUT2D eigenvalue weighted by Crippen LogP contribution is -2.30. The molecule has 0 bridgehead atoms. The summed E-state index contributed by atoms with van der Waals surface area (Å²) in [6.07, 6.45) is 2.45. The Morgan fingerprint density at radius 1 is 1.47 bits per heavy atom. The molecule has 1 rings (SSSR count). The van der Waals surface area contributed by atoms with E-state index in [1.165, 1.54) is 4.88 Å². The van der Waals surface area contributed by atoms with Crippen molar-refractivity contribution < 1.29 is 4.79 Å². The number of carbonyl (C=O) groups is 1. The van der Waals surface area contributed by atoms with Gasteiger partial charge in [-0.3, -0.25) is 4.79 Å². The topological polar surface area (TPSA) is 55.1 Å². The number of halogens is 1. The van der Waals surface area contributed by atoms with Gasteiger partial charge in [0.25, 0.3) is 0 Å². The van der Waals surface area contributed by atoms with Crippen LogP contribution < -0.4 is 11.1 Å². The number of rotatable bonds is 8. The summed E-state index contributed by atoms with van der Waals surface area (Å²) in [5, 5.41) is 2.98. The zero-order valence-electron chi connectivity index (χ0n) is 11.6. The second-order valence-electron chi connectivity index (χ2n) is 5.24. The molecule has 1 atom stereocenters. The molecule has 0 saturated heterocycles. The summed E-state index contributed by atoms with van der Waals surface area (Å²) in [5.74, 6) is 1.01. The summed E-state index contributed by atoms with van der Waals surface area (Å²) < 4.78 is 1.13. The zero-order valence-corrected chi connectivity index (χ0v) is 14.0. The van der Waals surface area contributed by atoms with Gasteiger partial charge in [0.1, 0.15) is 0 Å². The Morgan fingerprint density at radius 2 is 2.21 bits per heavy atom. The van der Waals surface area contributed by atoms with Gasteiger partial charge in [-0.25, -0.2) is 0 Å². The Kier molecular flexibility index (Phi) is 7.64. The maximum atomic E-state index is 11.8. The Balaban J connectivity index is 2.23. The summed E-state index contributed by atoms with van der Waals surface area (Å²) in [4.78, 5) is 13.1. The molecule has 0 unspecified atom stereocenters. The molecule has 0 spiro atoms. The maximum Gasteiger partial charge on any atom is 0.220 e. The number of hydrogen-bond donors (Lipinski definition) is 2. The monoisotopic (exact) mass is 346 g/mol. The molecule has 0 aliphatic rings. The van der Waals surface area contributed by atoms with Crippen molar-refractivity contribution in [3.8, 4) is 0 Å². The fourth-order valence-corrected chi connectivity index (χ4v) is 3.56. The molecule has 3 N–H and O–H groups in total. The predicted octanol–water partition coefficient (Wildman–Crippen LogP) is 3.18. The lowest BCUT2D eigenvalue weighted by Gasteiger charge is -2.16. The first kappa shape index (κ1) is 16.7. The SMILES string of the molecule is CC(C)C[C@H](CN)CC(=O)NCCc1ccc(Br)s1. The van der Waals surface area contributed by atoms with Crippen molar-refractivity contribution in [1.29, 1.82) is 0 Å². The summed E-state index contributed by atoms with van der Waals surface area (Å²) >= 11 is 5.15. The summed E-state index contributed by atoms with van der Waals surface area (Å²) in [6.45, 7) is 5.61. The van der Waals surface area contributed by atoms with E-state index in [4.69, 9.17) is 5.73 Å². The molecule has 1 aromatic heterocycles. The van der Waals surface area contributed by atoms with Crippen LogP contribution in [-0.4, -0.2) is 19.0 Å². The minimum absolute atomic E-state index is 0.117. The third-order valence-corrected chi connectivity index (χ3v) is 4.62. The van der Waals surface area contributed by atoms with Gasteiger partial charge < -0.3 is 11.1 Å². The second-order valence-corrected chi connectivity index (χ2v) is 7.79. The average molecular weight is 347 g/mol. The van der Waals surface area contributed by atoms with Crippen LogP contribution >= 0.6 is 27.3 Å². The van der Waals surface area contributed by atoms with Crippen LogP contribution in [0.4, 0.5) is 0 Å². The van der Waals surface area contributed by atoms with Crippen LogP contribution in [0.25, 0.3) is 0 Å². The highest BCUT2D eigenvalue weighted by Crippen LogP contribution is 2.22. The first-order chi connectivity index (χ1) is 9.01. The first-order valence-electron chi connectivity index (χ1n) is 6.72. The highest BCUT2D eigenvalue weighted by molar-refractivity contribution is 9.11. The van der Waals surface area contributed by atoms with Gasteiger partial charge >= 0.3 is 0 Å². The third-order valence-electron chi connectivity index (χ3n) is 2.93. The van der Waals surface area contributed by atoms with Gasteiger partial charge in [0.15, 0.2) is 0 Å². The van der Waals surface area contributed by atoms with Crippen LogP contribution in [0.1, 0.15) is 31.6 Å². The number of amides is 1. The molecule has 0 saturated carbocycles. The summed E-state index contributed by atoms with van der Waals surface area (Å²) in [6, 6.07) is 4.12. The zero-order chi connectivity index (χ0) is 14.3. The van der Waals surface area contributed by atoms with E-state index < -0.39 is 0 Å². The van der Waals surface area contributed by atoms with Gasteiger partial charge in [-0.1, -0.05) is 13.8 Å². The van der Waals surface area contributed by atoms with Gasteiger partial charge in [-0.2, -0.15) is 0 Å². The maximum absolute atomic E-state index is 11.8. The second kappa shape index (κ2) is 8.72. The standard InChI is InChI=1S/C14H23BrN2OS/c1-10(2)7-11(9-16)8-14(18)17-6-5-12-3-4-13(15)19-12/h3-4,10-11H,5-9,16H2,1-2H3,(H,17,18)/t11-/m0/s1. The Labute approximate surface area is 128 Å². The van der Waals surface area contributed by atoms with E-state index in [9.17, 15) is 4.79 Å². The van der Waals surface area contributed by atoms with Crippen molar-refractivity contribution in [2.45, 2.75) is 33.1 Å². The van der Waals surface area contributed by atoms with E-state index in [-0.39, 0.29) is 5.91 Å². The lowest BCUT2D eigenvalue weighted by molar-refractivity contribution is -0.122. The van der Waals surface area contributed by atoms with Crippen LogP contribution in [0.2, 0.25) is 0 Å². The van der Waals surface area contributed by atoms with Gasteiger partial charge in [-0.15, -0.1) is 11.3 Å². The minimum Gasteiger partial charge on any atom is -0.356 e. The van der Waals surface area contributed by atoms with E-state index in [0.29, 0.717) is 31.3 Å². The number of nitrogens with two attached hydrogens (primary N) is 1. The highest BCUT2D eigenvalue weighted by Gasteiger charge is 2.13. The highest BCUT2D eigenvalue weighted by atomic mass is 79.9. The molecule has 0 aliphatic heterocycles. The molecule has 19 heavy (non-hydrogen) atoms. The molecule has 108 valence electrons. The van der Waals surface area contributed by atoms with Crippen LogP contribution in [0.3, 0.4) is 0 Å². The largest absolute Gasteiger partial charge is 0.356 e. The molecular weight excluding hydrogens is 324 g/mol. The molecule has 0 radical (unpaired) electrons. The van der Waals surface area contributed by atoms with Crippen molar-refractivity contribution in [2.24, 2.45) is 17.6 Å². The molecule has 0 aromatic carbocycles. The van der Waals surface area contributed by atoms with Gasteiger partial charge in [0.2, 0.25) is 5.91 Å². The predicted molar refractivity (Wildman–Crippen MR) is 85.3 cm³/mol. The van der Waals surface area contributed by atoms with Crippen LogP contribution in [0.5, 0.6) is 0 Å². The Morgan fingerprint density at radius 3 is 2.74 bits per heavy atom. The van der Waals surface area contributed by atoms with Gasteiger partial charge in [0.05, 0.1) is 3.79 Å². The van der Waals surface area contributed by atoms with Crippen molar-refractivity contribution >= 4 is 33.2 Å². The van der Waals surface area contributed by atoms with Crippen molar-refractivity contribution in [1.82, 2.24) is 5.32 Å². The van der Waals surface area contributed by atoms with Gasteiger partial charge in [0, 0.05) is 17.8 Å². The number of hydrogen-bond acceptors (Lipinski definition) is 3. The quantitative estimate of drug-likeness (QED) is 0.759. The van der Waals surface area contributed by atoms with Crippen LogP contribution in [0.15, 0.2) is 15.9 Å². The van der Waals surface area contributed by atoms with E-state index in [1.807, 2.05) is 6.07 Å². The molecule has 3 nitrogen and oxygen atoms in total. The molecule has 0 fully saturated rings. The van der Waals surface area contributed by atoms with Crippen molar-refractivity contribution in [2.75, 3.05) is 13.1 Å². The first-order valence-corrected chi connectivity index (χ1v) is 8.33. The van der Waals surface area contributed by atoms with Crippen LogP contribution in [0, 0.1) is 11.8 Å². The average Bonchev–Trinajstić information content (AvgIpc) is 2.73. The molecule has 1 aromatic rings. The normalized spacial score (nSPS) is 12.7. The van der Waals surface area contributed by atoms with E-state index in [1.54, 1.807) is 11.3 Å². The summed E-state index contributed by atoms with van der Waals surface area (Å²) in [7, 11) is 0. The van der Waals surface area contributed by atoms with E-state index in [2.05, 4.69) is 41.2 Å². The molecule has 5 heteroatoms. The summed E-state index contributed by atoms with van der Waals surface area (Å²) in [5.41, 5.74) is 5.71. The Hall–Kier alpha value is -0.390. The number of carbonyl (C=O) groups excluding carboxylic acids is 1. The smallest absolute Gasteiger partial charge is 0.220 e. The van der Waals surface area contributed by atoms with Crippen LogP contribution in [-0.2, 0) is 11.2 Å². The van der Waals surface area contributed by atoms with E-state index >= 15 is 0 Å². The Bertz CT molecular complexity index is 393. The van der Waals surface area contributed by atoms with Gasteiger partial charge in [-0.05, 0) is 59.3 Å². The van der Waals surface area contributed by atoms with Crippen molar-refractivity contribution in [3.05, 3.63) is 20.8 Å². The third kappa shape index (κ3) is 7.09. The fourth-order valence-electron chi connectivity index (χ4n) is 2.08. The van der Waals surface area contributed by atoms with Crippen molar-refractivity contribution in [3.63, 3.8) is 0 Å². The molecule has 0 aliphatic carbocycles. The molecule has 1 heterocycles. The molecule has 1 amide bonds. The number of nitrogens with one attached hydrogen (secondary N) is 1. The molecular formula is C14H23BrN2OS. The van der Waals surface area contributed by atoms with E-state index in [0.717, 1.165) is 16.6 Å². The lowest BCUT2D eigenvalue weighted by atomic mass is 9.94. The number of thiophene rings is 1.